The van der Waals surface area contributed by atoms with Crippen molar-refractivity contribution in [3.63, 3.8) is 0 Å². The first-order chi connectivity index (χ1) is 14.8. The number of rotatable bonds is 5. The second-order valence-electron chi connectivity index (χ2n) is 7.60. The molecule has 0 radical (unpaired) electrons. The average Bonchev–Trinajstić information content (AvgIpc) is 2.75. The lowest BCUT2D eigenvalue weighted by Gasteiger charge is -2.15. The monoisotopic (exact) mass is 421 g/mol. The molecular formula is C25H22F3N3. The molecule has 0 fully saturated rings. The number of hydrogen-bond acceptors (Lipinski definition) is 3. The molecule has 0 saturated carbocycles. The molecule has 3 aromatic carbocycles. The van der Waals surface area contributed by atoms with Crippen molar-refractivity contribution in [2.24, 2.45) is 0 Å². The lowest BCUT2D eigenvalue weighted by Crippen LogP contribution is -2.12. The minimum absolute atomic E-state index is 0.00457. The molecule has 1 heterocycles. The zero-order valence-corrected chi connectivity index (χ0v) is 17.3. The first-order valence-electron chi connectivity index (χ1n) is 10.0. The quantitative estimate of drug-likeness (QED) is 0.401. The Morgan fingerprint density at radius 2 is 1.42 bits per heavy atom. The van der Waals surface area contributed by atoms with Gasteiger partial charge in [0.05, 0.1) is 11.3 Å². The third kappa shape index (κ3) is 4.38. The second-order valence-corrected chi connectivity index (χ2v) is 7.60. The van der Waals surface area contributed by atoms with Crippen molar-refractivity contribution >= 4 is 16.6 Å². The van der Waals surface area contributed by atoms with Gasteiger partial charge in [-0.25, -0.2) is 0 Å². The Balaban J connectivity index is 1.67. The fourth-order valence-electron chi connectivity index (χ4n) is 3.85. The summed E-state index contributed by atoms with van der Waals surface area (Å²) in [6.07, 6.45) is -3.76. The van der Waals surface area contributed by atoms with Gasteiger partial charge in [-0.3, -0.25) is 0 Å². The Kier molecular flexibility index (Phi) is 5.63. The summed E-state index contributed by atoms with van der Waals surface area (Å²) in [5.74, 6) is 0.470. The van der Waals surface area contributed by atoms with E-state index in [4.69, 9.17) is 0 Å². The summed E-state index contributed by atoms with van der Waals surface area (Å²) >= 11 is 0. The summed E-state index contributed by atoms with van der Waals surface area (Å²) in [7, 11) is 0. The van der Waals surface area contributed by atoms with Crippen molar-refractivity contribution < 1.29 is 13.2 Å². The molecule has 6 heteroatoms. The molecule has 0 aliphatic carbocycles. The number of benzene rings is 3. The molecule has 4 rings (SSSR count). The van der Waals surface area contributed by atoms with Crippen LogP contribution in [0.15, 0.2) is 66.7 Å². The van der Waals surface area contributed by atoms with E-state index in [0.717, 1.165) is 22.5 Å². The van der Waals surface area contributed by atoms with Gasteiger partial charge in [-0.15, -0.1) is 5.10 Å². The van der Waals surface area contributed by atoms with Crippen molar-refractivity contribution in [2.45, 2.75) is 33.0 Å². The van der Waals surface area contributed by atoms with Gasteiger partial charge in [0.15, 0.2) is 5.82 Å². The molecule has 1 aromatic heterocycles. The molecule has 0 aliphatic heterocycles. The van der Waals surface area contributed by atoms with Crippen molar-refractivity contribution in [3.05, 3.63) is 100 Å². The first kappa shape index (κ1) is 20.8. The van der Waals surface area contributed by atoms with Crippen LogP contribution in [0.3, 0.4) is 0 Å². The average molecular weight is 421 g/mol. The highest BCUT2D eigenvalue weighted by Gasteiger charge is 2.32. The van der Waals surface area contributed by atoms with Crippen LogP contribution in [0.2, 0.25) is 0 Å². The van der Waals surface area contributed by atoms with Crippen LogP contribution < -0.4 is 5.32 Å². The summed E-state index contributed by atoms with van der Waals surface area (Å²) in [5.41, 5.74) is 3.96. The van der Waals surface area contributed by atoms with E-state index in [9.17, 15) is 13.2 Å². The van der Waals surface area contributed by atoms with E-state index in [2.05, 4.69) is 41.5 Å². The van der Waals surface area contributed by atoms with Crippen LogP contribution >= 0.6 is 0 Å². The maximum Gasteiger partial charge on any atom is 0.416 e. The van der Waals surface area contributed by atoms with Gasteiger partial charge in [-0.2, -0.15) is 18.3 Å². The van der Waals surface area contributed by atoms with E-state index in [0.29, 0.717) is 12.2 Å². The van der Waals surface area contributed by atoms with Gasteiger partial charge < -0.3 is 5.32 Å². The molecular weight excluding hydrogens is 399 g/mol. The largest absolute Gasteiger partial charge is 0.416 e. The van der Waals surface area contributed by atoms with E-state index in [1.165, 1.54) is 28.8 Å². The Labute approximate surface area is 179 Å². The van der Waals surface area contributed by atoms with E-state index >= 15 is 0 Å². The molecule has 31 heavy (non-hydrogen) atoms. The van der Waals surface area contributed by atoms with Crippen molar-refractivity contribution in [1.29, 1.82) is 0 Å². The predicted octanol–water partition coefficient (Wildman–Crippen LogP) is 6.47. The number of nitrogens with zero attached hydrogens (tertiary/aromatic N) is 2. The van der Waals surface area contributed by atoms with Crippen LogP contribution in [0.5, 0.6) is 0 Å². The van der Waals surface area contributed by atoms with Gasteiger partial charge >= 0.3 is 6.18 Å². The molecule has 0 atom stereocenters. The smallest absolute Gasteiger partial charge is 0.364 e. The minimum atomic E-state index is -4.40. The second kappa shape index (κ2) is 8.38. The van der Waals surface area contributed by atoms with Crippen molar-refractivity contribution in [3.8, 4) is 0 Å². The fraction of sp³-hybridized carbons (Fsp3) is 0.200. The summed E-state index contributed by atoms with van der Waals surface area (Å²) in [5, 5.41) is 13.6. The number of alkyl halides is 3. The maximum absolute atomic E-state index is 13.3. The molecule has 0 spiro atoms. The van der Waals surface area contributed by atoms with E-state index in [-0.39, 0.29) is 12.1 Å². The Morgan fingerprint density at radius 1 is 0.774 bits per heavy atom. The SMILES string of the molecule is Cc1cccc(C)c1Cc1nnc(NCc2ccccc2C(F)(F)F)c2ccccc12. The molecule has 158 valence electrons. The molecule has 0 bridgehead atoms. The first-order valence-corrected chi connectivity index (χ1v) is 10.0. The highest BCUT2D eigenvalue weighted by Crippen LogP contribution is 2.32. The molecule has 4 aromatic rings. The van der Waals surface area contributed by atoms with Crippen molar-refractivity contribution in [1.82, 2.24) is 10.2 Å². The molecule has 1 N–H and O–H groups in total. The van der Waals surface area contributed by atoms with Crippen LogP contribution in [-0.4, -0.2) is 10.2 Å². The highest BCUT2D eigenvalue weighted by atomic mass is 19.4. The predicted molar refractivity (Wildman–Crippen MR) is 117 cm³/mol. The number of aromatic nitrogens is 2. The standard InChI is InChI=1S/C25H22F3N3/c1-16-8-7-9-17(2)21(16)14-23-19-11-4-5-12-20(19)24(31-30-23)29-15-18-10-3-6-13-22(18)25(26,27)28/h3-13H,14-15H2,1-2H3,(H,29,31). The maximum atomic E-state index is 13.3. The van der Waals surface area contributed by atoms with Crippen LogP contribution in [0.1, 0.15) is 33.5 Å². The topological polar surface area (TPSA) is 37.8 Å². The lowest BCUT2D eigenvalue weighted by molar-refractivity contribution is -0.138. The normalized spacial score (nSPS) is 11.6. The Bertz CT molecular complexity index is 1210. The number of halogens is 3. The van der Waals surface area contributed by atoms with E-state index < -0.39 is 11.7 Å². The molecule has 0 unspecified atom stereocenters. The third-order valence-electron chi connectivity index (χ3n) is 5.52. The van der Waals surface area contributed by atoms with Gasteiger partial charge in [0, 0.05) is 23.7 Å². The van der Waals surface area contributed by atoms with Gasteiger partial charge in [0.1, 0.15) is 0 Å². The van der Waals surface area contributed by atoms with Gasteiger partial charge in [0.2, 0.25) is 0 Å². The number of nitrogens with one attached hydrogen (secondary N) is 1. The zero-order valence-electron chi connectivity index (χ0n) is 17.3. The van der Waals surface area contributed by atoms with Crippen LogP contribution in [0.4, 0.5) is 19.0 Å². The van der Waals surface area contributed by atoms with Crippen LogP contribution in [0, 0.1) is 13.8 Å². The lowest BCUT2D eigenvalue weighted by atomic mass is 9.96. The van der Waals surface area contributed by atoms with Crippen LogP contribution in [0.25, 0.3) is 10.8 Å². The van der Waals surface area contributed by atoms with Gasteiger partial charge in [-0.05, 0) is 42.2 Å². The Hall–Kier alpha value is -3.41. The third-order valence-corrected chi connectivity index (χ3v) is 5.52. The number of fused-ring (bicyclic) bond motifs is 1. The van der Waals surface area contributed by atoms with Crippen LogP contribution in [-0.2, 0) is 19.1 Å². The van der Waals surface area contributed by atoms with E-state index in [1.54, 1.807) is 6.07 Å². The number of aryl methyl sites for hydroxylation is 2. The summed E-state index contributed by atoms with van der Waals surface area (Å²) in [6.45, 7) is 4.16. The molecule has 3 nitrogen and oxygen atoms in total. The Morgan fingerprint density at radius 3 is 2.13 bits per heavy atom. The minimum Gasteiger partial charge on any atom is -0.364 e. The van der Waals surface area contributed by atoms with Gasteiger partial charge in [0.25, 0.3) is 0 Å². The van der Waals surface area contributed by atoms with Crippen molar-refractivity contribution in [2.75, 3.05) is 5.32 Å². The highest BCUT2D eigenvalue weighted by molar-refractivity contribution is 5.93. The molecule has 0 aliphatic rings. The van der Waals surface area contributed by atoms with Gasteiger partial charge in [-0.1, -0.05) is 60.7 Å². The fourth-order valence-corrected chi connectivity index (χ4v) is 3.85. The summed E-state index contributed by atoms with van der Waals surface area (Å²) < 4.78 is 39.9. The number of anilines is 1. The molecule has 0 amide bonds. The summed E-state index contributed by atoms with van der Waals surface area (Å²) in [4.78, 5) is 0. The zero-order chi connectivity index (χ0) is 22.0. The molecule has 0 saturated heterocycles. The number of hydrogen-bond donors (Lipinski definition) is 1. The summed E-state index contributed by atoms with van der Waals surface area (Å²) in [6, 6.07) is 19.4. The van der Waals surface area contributed by atoms with E-state index in [1.807, 2.05) is 30.3 Å².